The lowest BCUT2D eigenvalue weighted by Gasteiger charge is -2.23. The number of benzene rings is 3. The van der Waals surface area contributed by atoms with Crippen LogP contribution in [0.4, 0.5) is 13.2 Å². The fraction of sp³-hybridized carbons (Fsp3) is 0.441. The minimum absolute atomic E-state index is 0.100. The Morgan fingerprint density at radius 2 is 1.70 bits per heavy atom. The number of aryl methyl sites for hydroxylation is 2. The van der Waals surface area contributed by atoms with E-state index in [0.29, 0.717) is 65.4 Å². The number of fused-ring (bicyclic) bond motifs is 2. The lowest BCUT2D eigenvalue weighted by Crippen LogP contribution is -2.21. The molecule has 1 aliphatic heterocycles. The van der Waals surface area contributed by atoms with Crippen molar-refractivity contribution in [3.8, 4) is 28.4 Å². The Bertz CT molecular complexity index is 1500. The molecule has 1 N–H and O–H groups in total. The van der Waals surface area contributed by atoms with Crippen LogP contribution in [0.1, 0.15) is 78.5 Å². The molecular weight excluding hydrogens is 561 g/mol. The van der Waals surface area contributed by atoms with Crippen molar-refractivity contribution in [3.05, 3.63) is 75.8 Å². The zero-order valence-electron chi connectivity index (χ0n) is 25.1. The number of alkyl halides is 3. The van der Waals surface area contributed by atoms with Gasteiger partial charge in [-0.1, -0.05) is 12.1 Å². The van der Waals surface area contributed by atoms with Crippen molar-refractivity contribution in [2.45, 2.75) is 77.2 Å². The molecule has 0 bridgehead atoms. The van der Waals surface area contributed by atoms with E-state index in [1.165, 1.54) is 13.2 Å². The molecular formula is C34H37F3O6. The maximum atomic E-state index is 14.4. The summed E-state index contributed by atoms with van der Waals surface area (Å²) < 4.78 is 66.0. The Morgan fingerprint density at radius 3 is 2.35 bits per heavy atom. The van der Waals surface area contributed by atoms with Crippen LogP contribution in [0, 0.1) is 13.8 Å². The molecule has 5 rings (SSSR count). The minimum atomic E-state index is -4.54. The van der Waals surface area contributed by atoms with E-state index in [9.17, 15) is 23.1 Å². The second-order valence-corrected chi connectivity index (χ2v) is 12.0. The topological polar surface area (TPSA) is 74.2 Å². The van der Waals surface area contributed by atoms with Gasteiger partial charge in [0.15, 0.2) is 0 Å². The number of hydrogen-bond acceptors (Lipinski definition) is 6. The van der Waals surface area contributed by atoms with Gasteiger partial charge < -0.3 is 24.1 Å². The summed E-state index contributed by atoms with van der Waals surface area (Å²) in [5, 5.41) is 9.98. The predicted octanol–water partition coefficient (Wildman–Crippen LogP) is 7.63. The van der Waals surface area contributed by atoms with Gasteiger partial charge in [0.05, 0.1) is 37.9 Å². The van der Waals surface area contributed by atoms with Crippen molar-refractivity contribution < 1.29 is 42.0 Å². The number of halogens is 3. The SMILES string of the molecule is COC(=O)CC1COc2cc(O[C@@H]3CCc4c3ccc(C(F)(F)F)c4-c3c(C)cc(OCCC(C)(C)O)cc3C)ccc21. The number of ether oxygens (including phenoxy) is 4. The van der Waals surface area contributed by atoms with E-state index in [-0.39, 0.29) is 30.5 Å². The summed E-state index contributed by atoms with van der Waals surface area (Å²) in [5.41, 5.74) is 2.82. The van der Waals surface area contributed by atoms with E-state index < -0.39 is 23.4 Å². The molecule has 6 nitrogen and oxygen atoms in total. The molecule has 43 heavy (non-hydrogen) atoms. The summed E-state index contributed by atoms with van der Waals surface area (Å²) in [5.74, 6) is 1.33. The maximum Gasteiger partial charge on any atom is 0.417 e. The maximum absolute atomic E-state index is 14.4. The number of carbonyl (C=O) groups excluding carboxylic acids is 1. The van der Waals surface area contributed by atoms with Crippen LogP contribution >= 0.6 is 0 Å². The van der Waals surface area contributed by atoms with Crippen LogP contribution in [0.15, 0.2) is 42.5 Å². The smallest absolute Gasteiger partial charge is 0.417 e. The van der Waals surface area contributed by atoms with Gasteiger partial charge in [0.2, 0.25) is 0 Å². The standard InChI is InChI=1S/C34H37F3O6/c1-19-14-23(41-13-12-33(3,4)39)15-20(2)31(19)32-26-9-11-28(25(26)8-10-27(32)34(35,36)37)43-22-6-7-24-21(16-30(38)40-5)18-42-29(24)17-22/h6-8,10,14-15,17,21,28,39H,9,11-13,16,18H2,1-5H3/t21?,28-/m1/s1. The molecule has 2 atom stereocenters. The largest absolute Gasteiger partial charge is 0.493 e. The Balaban J connectivity index is 1.45. The zero-order chi connectivity index (χ0) is 31.1. The normalized spacial score (nSPS) is 17.7. The molecule has 0 aromatic heterocycles. The number of methoxy groups -OCH3 is 1. The quantitative estimate of drug-likeness (QED) is 0.255. The summed E-state index contributed by atoms with van der Waals surface area (Å²) in [6, 6.07) is 11.7. The molecule has 3 aromatic rings. The van der Waals surface area contributed by atoms with Crippen LogP contribution < -0.4 is 14.2 Å². The molecule has 1 unspecified atom stereocenters. The molecule has 230 valence electrons. The molecule has 0 spiro atoms. The number of esters is 1. The molecule has 0 fully saturated rings. The first kappa shape index (κ1) is 30.7. The number of hydrogen-bond donors (Lipinski definition) is 1. The van der Waals surface area contributed by atoms with Crippen molar-refractivity contribution in [2.75, 3.05) is 20.3 Å². The Kier molecular flexibility index (Phi) is 8.40. The highest BCUT2D eigenvalue weighted by molar-refractivity contribution is 5.80. The van der Waals surface area contributed by atoms with Gasteiger partial charge in [0.25, 0.3) is 0 Å². The molecule has 2 aliphatic rings. The highest BCUT2D eigenvalue weighted by Gasteiger charge is 2.39. The number of aliphatic hydroxyl groups is 1. The van der Waals surface area contributed by atoms with Crippen LogP contribution in [-0.4, -0.2) is 37.0 Å². The average molecular weight is 599 g/mol. The van der Waals surface area contributed by atoms with Gasteiger partial charge in [-0.3, -0.25) is 4.79 Å². The van der Waals surface area contributed by atoms with Gasteiger partial charge >= 0.3 is 12.1 Å². The molecule has 0 amide bonds. The van der Waals surface area contributed by atoms with E-state index in [0.717, 1.165) is 17.2 Å². The third-order valence-corrected chi connectivity index (χ3v) is 8.18. The predicted molar refractivity (Wildman–Crippen MR) is 156 cm³/mol. The highest BCUT2D eigenvalue weighted by Crippen LogP contribution is 2.48. The van der Waals surface area contributed by atoms with Crippen LogP contribution in [-0.2, 0) is 22.1 Å². The highest BCUT2D eigenvalue weighted by atomic mass is 19.4. The fourth-order valence-corrected chi connectivity index (χ4v) is 6.08. The summed E-state index contributed by atoms with van der Waals surface area (Å²) in [6.45, 7) is 7.64. The fourth-order valence-electron chi connectivity index (χ4n) is 6.08. The van der Waals surface area contributed by atoms with Crippen LogP contribution in [0.3, 0.4) is 0 Å². The van der Waals surface area contributed by atoms with Gasteiger partial charge in [0, 0.05) is 24.0 Å². The van der Waals surface area contributed by atoms with E-state index in [1.54, 1.807) is 45.9 Å². The minimum Gasteiger partial charge on any atom is -0.493 e. The van der Waals surface area contributed by atoms with Gasteiger partial charge in [-0.25, -0.2) is 0 Å². The first-order valence-electron chi connectivity index (χ1n) is 14.4. The molecule has 0 radical (unpaired) electrons. The average Bonchev–Trinajstić information content (AvgIpc) is 3.50. The third kappa shape index (κ3) is 6.61. The van der Waals surface area contributed by atoms with E-state index in [2.05, 4.69) is 0 Å². The molecule has 1 aliphatic carbocycles. The van der Waals surface area contributed by atoms with E-state index in [4.69, 9.17) is 18.9 Å². The lowest BCUT2D eigenvalue weighted by molar-refractivity contribution is -0.141. The van der Waals surface area contributed by atoms with Crippen molar-refractivity contribution in [2.24, 2.45) is 0 Å². The molecule has 3 aromatic carbocycles. The van der Waals surface area contributed by atoms with Gasteiger partial charge in [-0.05, 0) is 98.2 Å². The van der Waals surface area contributed by atoms with Crippen LogP contribution in [0.5, 0.6) is 17.2 Å². The van der Waals surface area contributed by atoms with E-state index >= 15 is 0 Å². The summed E-state index contributed by atoms with van der Waals surface area (Å²) in [4.78, 5) is 11.8. The lowest BCUT2D eigenvalue weighted by atomic mass is 9.86. The van der Waals surface area contributed by atoms with Crippen molar-refractivity contribution in [1.29, 1.82) is 0 Å². The van der Waals surface area contributed by atoms with Gasteiger partial charge in [-0.2, -0.15) is 13.2 Å². The Morgan fingerprint density at radius 1 is 1.00 bits per heavy atom. The number of rotatable bonds is 9. The monoisotopic (exact) mass is 598 g/mol. The van der Waals surface area contributed by atoms with Gasteiger partial charge in [0.1, 0.15) is 23.4 Å². The van der Waals surface area contributed by atoms with Crippen molar-refractivity contribution in [3.63, 3.8) is 0 Å². The second-order valence-electron chi connectivity index (χ2n) is 12.0. The van der Waals surface area contributed by atoms with Crippen LogP contribution in [0.25, 0.3) is 11.1 Å². The van der Waals surface area contributed by atoms with Crippen molar-refractivity contribution in [1.82, 2.24) is 0 Å². The Labute approximate surface area is 249 Å². The van der Waals surface area contributed by atoms with Gasteiger partial charge in [-0.15, -0.1) is 0 Å². The van der Waals surface area contributed by atoms with Crippen molar-refractivity contribution >= 4 is 5.97 Å². The van der Waals surface area contributed by atoms with E-state index in [1.807, 2.05) is 12.1 Å². The second kappa shape index (κ2) is 11.8. The first-order chi connectivity index (χ1) is 20.2. The molecule has 9 heteroatoms. The molecule has 0 saturated heterocycles. The molecule has 1 heterocycles. The summed E-state index contributed by atoms with van der Waals surface area (Å²) in [7, 11) is 1.35. The summed E-state index contributed by atoms with van der Waals surface area (Å²) in [6.07, 6.45) is -3.36. The first-order valence-corrected chi connectivity index (χ1v) is 14.4. The number of carbonyl (C=O) groups is 1. The van der Waals surface area contributed by atoms with Crippen LogP contribution in [0.2, 0.25) is 0 Å². The summed E-state index contributed by atoms with van der Waals surface area (Å²) >= 11 is 0. The third-order valence-electron chi connectivity index (χ3n) is 8.18. The zero-order valence-corrected chi connectivity index (χ0v) is 25.1. The molecule has 0 saturated carbocycles. The Hall–Kier alpha value is -3.72.